The molecular weight excluding hydrogens is 313 g/mol. The van der Waals surface area contributed by atoms with Crippen LogP contribution in [0.15, 0.2) is 36.4 Å². The van der Waals surface area contributed by atoms with Crippen molar-refractivity contribution in [3.8, 4) is 0 Å². The zero-order valence-electron chi connectivity index (χ0n) is 10.4. The van der Waals surface area contributed by atoms with Crippen LogP contribution in [-0.2, 0) is 12.7 Å². The number of benzene rings is 2. The first-order valence-corrected chi connectivity index (χ1v) is 6.19. The molecule has 2 rings (SSSR count). The van der Waals surface area contributed by atoms with Gasteiger partial charge in [0.15, 0.2) is 0 Å². The second kappa shape index (κ2) is 5.89. The van der Waals surface area contributed by atoms with Crippen molar-refractivity contribution in [2.45, 2.75) is 12.7 Å². The van der Waals surface area contributed by atoms with E-state index in [9.17, 15) is 22.0 Å². The molecule has 0 aliphatic heterocycles. The molecule has 0 aliphatic rings. The minimum Gasteiger partial charge on any atom is -0.379 e. The lowest BCUT2D eigenvalue weighted by Gasteiger charge is -2.11. The Kier molecular flexibility index (Phi) is 4.37. The summed E-state index contributed by atoms with van der Waals surface area (Å²) >= 11 is 5.58. The minimum atomic E-state index is -4.64. The molecule has 7 heteroatoms. The van der Waals surface area contributed by atoms with Gasteiger partial charge in [-0.05, 0) is 42.0 Å². The van der Waals surface area contributed by atoms with Gasteiger partial charge in [-0.25, -0.2) is 8.78 Å². The van der Waals surface area contributed by atoms with Crippen molar-refractivity contribution < 1.29 is 22.0 Å². The van der Waals surface area contributed by atoms with Gasteiger partial charge in [0, 0.05) is 11.6 Å². The van der Waals surface area contributed by atoms with Gasteiger partial charge in [-0.2, -0.15) is 13.2 Å². The predicted molar refractivity (Wildman–Crippen MR) is 70.1 cm³/mol. The van der Waals surface area contributed by atoms with E-state index in [1.54, 1.807) is 0 Å². The highest BCUT2D eigenvalue weighted by atomic mass is 35.5. The van der Waals surface area contributed by atoms with Gasteiger partial charge in [0.2, 0.25) is 0 Å². The topological polar surface area (TPSA) is 12.0 Å². The summed E-state index contributed by atoms with van der Waals surface area (Å²) in [7, 11) is 0. The van der Waals surface area contributed by atoms with Crippen molar-refractivity contribution in [2.75, 3.05) is 5.32 Å². The highest BCUT2D eigenvalue weighted by Crippen LogP contribution is 2.30. The van der Waals surface area contributed by atoms with E-state index in [1.807, 2.05) is 0 Å². The molecule has 0 heterocycles. The van der Waals surface area contributed by atoms with Gasteiger partial charge in [0.05, 0.1) is 11.3 Å². The van der Waals surface area contributed by atoms with Crippen LogP contribution in [0.4, 0.5) is 27.6 Å². The van der Waals surface area contributed by atoms with Crippen molar-refractivity contribution in [2.24, 2.45) is 0 Å². The molecule has 21 heavy (non-hydrogen) atoms. The first-order valence-electron chi connectivity index (χ1n) is 5.81. The number of hydrogen-bond acceptors (Lipinski definition) is 1. The number of rotatable bonds is 3. The Morgan fingerprint density at radius 1 is 1.00 bits per heavy atom. The van der Waals surface area contributed by atoms with Gasteiger partial charge in [0.1, 0.15) is 11.6 Å². The molecule has 0 radical (unpaired) electrons. The summed E-state index contributed by atoms with van der Waals surface area (Å²) in [5.41, 5.74) is -0.968. The molecule has 0 saturated heterocycles. The van der Waals surface area contributed by atoms with Crippen LogP contribution in [0.5, 0.6) is 0 Å². The van der Waals surface area contributed by atoms with E-state index in [-0.39, 0.29) is 22.8 Å². The van der Waals surface area contributed by atoms with Crippen LogP contribution in [0.1, 0.15) is 11.1 Å². The Bertz CT molecular complexity index is 654. The normalized spacial score (nSPS) is 11.5. The van der Waals surface area contributed by atoms with Gasteiger partial charge in [-0.3, -0.25) is 0 Å². The van der Waals surface area contributed by atoms with Crippen LogP contribution in [-0.4, -0.2) is 0 Å². The molecule has 0 aromatic heterocycles. The molecule has 0 spiro atoms. The summed E-state index contributed by atoms with van der Waals surface area (Å²) < 4.78 is 64.4. The number of anilines is 1. The summed E-state index contributed by atoms with van der Waals surface area (Å²) in [4.78, 5) is 0. The lowest BCUT2D eigenvalue weighted by Crippen LogP contribution is -2.08. The average Bonchev–Trinajstić information content (AvgIpc) is 2.36. The van der Waals surface area contributed by atoms with E-state index in [1.165, 1.54) is 12.1 Å². The first-order chi connectivity index (χ1) is 9.75. The lowest BCUT2D eigenvalue weighted by atomic mass is 10.1. The van der Waals surface area contributed by atoms with E-state index < -0.39 is 23.4 Å². The number of hydrogen-bond donors (Lipinski definition) is 1. The number of alkyl halides is 3. The fraction of sp³-hybridized carbons (Fsp3) is 0.143. The summed E-state index contributed by atoms with van der Waals surface area (Å²) in [6.45, 7) is -0.153. The minimum absolute atomic E-state index is 0.0525. The van der Waals surface area contributed by atoms with Crippen LogP contribution in [0.3, 0.4) is 0 Å². The van der Waals surface area contributed by atoms with Crippen molar-refractivity contribution in [1.29, 1.82) is 0 Å². The largest absolute Gasteiger partial charge is 0.416 e. The molecule has 0 saturated carbocycles. The third-order valence-corrected chi connectivity index (χ3v) is 2.93. The van der Waals surface area contributed by atoms with Crippen LogP contribution < -0.4 is 5.32 Å². The Labute approximate surface area is 122 Å². The monoisotopic (exact) mass is 321 g/mol. The fourth-order valence-electron chi connectivity index (χ4n) is 1.75. The van der Waals surface area contributed by atoms with Crippen molar-refractivity contribution >= 4 is 17.3 Å². The third kappa shape index (κ3) is 4.07. The van der Waals surface area contributed by atoms with Crippen molar-refractivity contribution in [3.05, 3.63) is 64.2 Å². The molecule has 0 atom stereocenters. The van der Waals surface area contributed by atoms with Gasteiger partial charge in [-0.15, -0.1) is 0 Å². The maximum atomic E-state index is 13.5. The zero-order chi connectivity index (χ0) is 15.6. The van der Waals surface area contributed by atoms with Crippen molar-refractivity contribution in [3.63, 3.8) is 0 Å². The first kappa shape index (κ1) is 15.6. The standard InChI is InChI=1S/C14H9ClF5N/c15-10-1-2-13(12(17)6-10)21-7-8-3-9(14(18,19)20)5-11(16)4-8/h1-6,21H,7H2. The Morgan fingerprint density at radius 3 is 2.33 bits per heavy atom. The second-order valence-electron chi connectivity index (χ2n) is 4.32. The zero-order valence-corrected chi connectivity index (χ0v) is 11.2. The van der Waals surface area contributed by atoms with E-state index in [0.717, 1.165) is 18.2 Å². The van der Waals surface area contributed by atoms with Crippen LogP contribution >= 0.6 is 11.6 Å². The van der Waals surface area contributed by atoms with Gasteiger partial charge >= 0.3 is 6.18 Å². The SMILES string of the molecule is Fc1cc(CNc2ccc(Cl)cc2F)cc(C(F)(F)F)c1. The number of nitrogens with one attached hydrogen (secondary N) is 1. The molecule has 1 N–H and O–H groups in total. The van der Waals surface area contributed by atoms with Crippen molar-refractivity contribution in [1.82, 2.24) is 0 Å². The molecule has 0 fully saturated rings. The van der Waals surface area contributed by atoms with Crippen LogP contribution in [0.25, 0.3) is 0 Å². The predicted octanol–water partition coefficient (Wildman–Crippen LogP) is 5.25. The van der Waals surface area contributed by atoms with Gasteiger partial charge < -0.3 is 5.32 Å². The highest BCUT2D eigenvalue weighted by molar-refractivity contribution is 6.30. The molecule has 2 aromatic carbocycles. The maximum absolute atomic E-state index is 13.5. The Morgan fingerprint density at radius 2 is 1.71 bits per heavy atom. The molecule has 1 nitrogen and oxygen atoms in total. The molecule has 0 unspecified atom stereocenters. The molecule has 0 aliphatic carbocycles. The summed E-state index contributed by atoms with van der Waals surface area (Å²) in [5, 5.41) is 2.79. The van der Waals surface area contributed by atoms with Gasteiger partial charge in [-0.1, -0.05) is 11.6 Å². The maximum Gasteiger partial charge on any atom is 0.416 e. The summed E-state index contributed by atoms with van der Waals surface area (Å²) in [6.07, 6.45) is -4.64. The van der Waals surface area contributed by atoms with Gasteiger partial charge in [0.25, 0.3) is 0 Å². The van der Waals surface area contributed by atoms with E-state index in [0.29, 0.717) is 6.07 Å². The Hall–Kier alpha value is -1.82. The molecule has 2 aromatic rings. The van der Waals surface area contributed by atoms with Crippen LogP contribution in [0, 0.1) is 11.6 Å². The van der Waals surface area contributed by atoms with E-state index in [4.69, 9.17) is 11.6 Å². The van der Waals surface area contributed by atoms with E-state index in [2.05, 4.69) is 5.32 Å². The second-order valence-corrected chi connectivity index (χ2v) is 4.76. The smallest absolute Gasteiger partial charge is 0.379 e. The average molecular weight is 322 g/mol. The Balaban J connectivity index is 2.18. The highest BCUT2D eigenvalue weighted by Gasteiger charge is 2.31. The molecule has 0 amide bonds. The fourth-order valence-corrected chi connectivity index (χ4v) is 1.91. The molecular formula is C14H9ClF5N. The molecule has 112 valence electrons. The molecule has 0 bridgehead atoms. The van der Waals surface area contributed by atoms with E-state index >= 15 is 0 Å². The lowest BCUT2D eigenvalue weighted by molar-refractivity contribution is -0.137. The quantitative estimate of drug-likeness (QED) is 0.761. The van der Waals surface area contributed by atoms with Crippen LogP contribution in [0.2, 0.25) is 5.02 Å². The third-order valence-electron chi connectivity index (χ3n) is 2.70. The summed E-state index contributed by atoms with van der Waals surface area (Å²) in [6, 6.07) is 6.02. The number of halogens is 6. The summed E-state index contributed by atoms with van der Waals surface area (Å²) in [5.74, 6) is -1.65.